The zero-order valence-electron chi connectivity index (χ0n) is 8.43. The zero-order chi connectivity index (χ0) is 10.3. The minimum absolute atomic E-state index is 0.549. The topological polar surface area (TPSA) is 78.1 Å². The number of aromatic nitrogens is 3. The Morgan fingerprint density at radius 3 is 2.79 bits per heavy atom. The number of rotatable bonds is 1. The first kappa shape index (κ1) is 8.80. The quantitative estimate of drug-likeness (QED) is 0.695. The van der Waals surface area contributed by atoms with Crippen LogP contribution in [0.15, 0.2) is 0 Å². The van der Waals surface area contributed by atoms with Gasteiger partial charge in [0.2, 0.25) is 5.88 Å². The van der Waals surface area contributed by atoms with Gasteiger partial charge in [-0.15, -0.1) is 0 Å². The molecule has 0 aliphatic rings. The van der Waals surface area contributed by atoms with E-state index in [1.165, 1.54) is 0 Å². The van der Waals surface area contributed by atoms with Crippen molar-refractivity contribution in [2.75, 3.05) is 12.8 Å². The van der Waals surface area contributed by atoms with E-state index in [9.17, 15) is 0 Å². The van der Waals surface area contributed by atoms with Gasteiger partial charge in [0, 0.05) is 6.92 Å². The fourth-order valence-electron chi connectivity index (χ4n) is 1.40. The maximum absolute atomic E-state index is 5.76. The lowest BCUT2D eigenvalue weighted by molar-refractivity contribution is -0.355. The second kappa shape index (κ2) is 2.87. The number of aromatic amines is 2. The second-order valence-electron chi connectivity index (χ2n) is 3.24. The van der Waals surface area contributed by atoms with E-state index in [1.807, 2.05) is 13.8 Å². The maximum Gasteiger partial charge on any atom is 0.275 e. The molecule has 2 rings (SSSR count). The highest BCUT2D eigenvalue weighted by molar-refractivity contribution is 5.87. The van der Waals surface area contributed by atoms with E-state index in [0.29, 0.717) is 11.7 Å². The second-order valence-corrected chi connectivity index (χ2v) is 3.24. The Labute approximate surface area is 81.3 Å². The average molecular weight is 193 g/mol. The van der Waals surface area contributed by atoms with Crippen molar-refractivity contribution in [3.05, 3.63) is 11.4 Å². The summed E-state index contributed by atoms with van der Waals surface area (Å²) in [4.78, 5) is 10.5. The molecule has 14 heavy (non-hydrogen) atoms. The minimum Gasteiger partial charge on any atom is -0.481 e. The van der Waals surface area contributed by atoms with Crippen LogP contribution in [0.5, 0.6) is 5.88 Å². The number of hydrogen-bond acceptors (Lipinski definition) is 3. The van der Waals surface area contributed by atoms with Gasteiger partial charge in [-0.1, -0.05) is 0 Å². The highest BCUT2D eigenvalue weighted by atomic mass is 16.5. The number of methoxy groups -OCH3 is 1. The van der Waals surface area contributed by atoms with Gasteiger partial charge in [0.05, 0.1) is 7.11 Å². The standard InChI is InChI=1S/C9H12N4O/c1-4-5(2)12-7-6(11-4)8(10)13-9(7)14-3/h13H,10H2,1-3H3/p+1. The Morgan fingerprint density at radius 2 is 2.14 bits per heavy atom. The van der Waals surface area contributed by atoms with E-state index in [4.69, 9.17) is 10.5 Å². The van der Waals surface area contributed by atoms with Crippen LogP contribution in [0.1, 0.15) is 11.4 Å². The fraction of sp³-hybridized carbons (Fsp3) is 0.333. The van der Waals surface area contributed by atoms with E-state index < -0.39 is 0 Å². The summed E-state index contributed by atoms with van der Waals surface area (Å²) in [6.07, 6.45) is 0. The Morgan fingerprint density at radius 1 is 1.43 bits per heavy atom. The van der Waals surface area contributed by atoms with Crippen LogP contribution in [0, 0.1) is 13.8 Å². The van der Waals surface area contributed by atoms with Crippen molar-refractivity contribution >= 4 is 16.9 Å². The SMILES string of the molecule is COc1[nH]c(N)c2[nH+]c(C)c(C)nc12. The van der Waals surface area contributed by atoms with E-state index in [1.54, 1.807) is 7.11 Å². The molecule has 2 aromatic rings. The number of anilines is 1. The summed E-state index contributed by atoms with van der Waals surface area (Å²) in [6, 6.07) is 0. The van der Waals surface area contributed by atoms with Crippen LogP contribution in [0.25, 0.3) is 11.0 Å². The number of hydrogen-bond donors (Lipinski definition) is 2. The molecule has 0 radical (unpaired) electrons. The molecule has 0 saturated carbocycles. The van der Waals surface area contributed by atoms with Gasteiger partial charge < -0.3 is 15.5 Å². The van der Waals surface area contributed by atoms with Crippen molar-refractivity contribution in [3.63, 3.8) is 0 Å². The molecular weight excluding hydrogens is 180 g/mol. The smallest absolute Gasteiger partial charge is 0.275 e. The number of nitrogens with zero attached hydrogens (tertiary/aromatic N) is 1. The lowest BCUT2D eigenvalue weighted by Gasteiger charge is -1.94. The first-order chi connectivity index (χ1) is 6.63. The third-order valence-corrected chi connectivity index (χ3v) is 2.31. The Kier molecular flexibility index (Phi) is 1.80. The Balaban J connectivity index is 2.84. The molecular formula is C9H13N4O+. The van der Waals surface area contributed by atoms with Gasteiger partial charge in [-0.25, -0.2) is 9.97 Å². The van der Waals surface area contributed by atoms with Crippen molar-refractivity contribution in [2.45, 2.75) is 13.8 Å². The van der Waals surface area contributed by atoms with Crippen molar-refractivity contribution in [3.8, 4) is 5.88 Å². The first-order valence-electron chi connectivity index (χ1n) is 4.35. The molecule has 5 heteroatoms. The number of H-pyrrole nitrogens is 2. The lowest BCUT2D eigenvalue weighted by atomic mass is 10.3. The summed E-state index contributed by atoms with van der Waals surface area (Å²) in [5, 5.41) is 0. The van der Waals surface area contributed by atoms with Crippen molar-refractivity contribution in [2.24, 2.45) is 0 Å². The lowest BCUT2D eigenvalue weighted by Crippen LogP contribution is -2.12. The van der Waals surface area contributed by atoms with Crippen LogP contribution in [0.2, 0.25) is 0 Å². The monoisotopic (exact) mass is 193 g/mol. The minimum atomic E-state index is 0.549. The van der Waals surface area contributed by atoms with E-state index >= 15 is 0 Å². The molecule has 2 aromatic heterocycles. The van der Waals surface area contributed by atoms with Gasteiger partial charge in [0.25, 0.3) is 5.52 Å². The van der Waals surface area contributed by atoms with Gasteiger partial charge in [-0.3, -0.25) is 0 Å². The van der Waals surface area contributed by atoms with Gasteiger partial charge >= 0.3 is 0 Å². The number of ether oxygens (including phenoxy) is 1. The normalized spacial score (nSPS) is 10.8. The molecule has 2 heterocycles. The van der Waals surface area contributed by atoms with E-state index in [2.05, 4.69) is 15.0 Å². The van der Waals surface area contributed by atoms with Crippen molar-refractivity contribution < 1.29 is 9.72 Å². The Hall–Kier alpha value is -1.78. The van der Waals surface area contributed by atoms with Crippen molar-refractivity contribution in [1.82, 2.24) is 9.97 Å². The number of aryl methyl sites for hydroxylation is 2. The molecule has 0 saturated heterocycles. The third-order valence-electron chi connectivity index (χ3n) is 2.31. The van der Waals surface area contributed by atoms with Gasteiger partial charge in [0.1, 0.15) is 5.69 Å². The number of nitrogens with two attached hydrogens (primary N) is 1. The highest BCUT2D eigenvalue weighted by Gasteiger charge is 2.18. The average Bonchev–Trinajstić information content (AvgIpc) is 2.45. The van der Waals surface area contributed by atoms with Crippen LogP contribution >= 0.6 is 0 Å². The predicted molar refractivity (Wildman–Crippen MR) is 53.1 cm³/mol. The molecule has 0 atom stereocenters. The largest absolute Gasteiger partial charge is 0.481 e. The van der Waals surface area contributed by atoms with Crippen LogP contribution in [-0.2, 0) is 0 Å². The molecule has 0 bridgehead atoms. The van der Waals surface area contributed by atoms with E-state index in [-0.39, 0.29) is 0 Å². The molecule has 0 fully saturated rings. The van der Waals surface area contributed by atoms with Crippen LogP contribution < -0.4 is 15.5 Å². The highest BCUT2D eigenvalue weighted by Crippen LogP contribution is 2.25. The van der Waals surface area contributed by atoms with Crippen molar-refractivity contribution in [1.29, 1.82) is 0 Å². The molecule has 0 amide bonds. The fourth-order valence-corrected chi connectivity index (χ4v) is 1.40. The van der Waals surface area contributed by atoms with Gasteiger partial charge in [0.15, 0.2) is 17.0 Å². The molecule has 5 nitrogen and oxygen atoms in total. The van der Waals surface area contributed by atoms with Crippen LogP contribution in [0.3, 0.4) is 0 Å². The summed E-state index contributed by atoms with van der Waals surface area (Å²) >= 11 is 0. The van der Waals surface area contributed by atoms with Crippen LogP contribution in [0.4, 0.5) is 5.82 Å². The van der Waals surface area contributed by atoms with Gasteiger partial charge in [-0.05, 0) is 6.92 Å². The van der Waals surface area contributed by atoms with Gasteiger partial charge in [-0.2, -0.15) is 0 Å². The molecule has 74 valence electrons. The molecule has 0 aromatic carbocycles. The predicted octanol–water partition coefficient (Wildman–Crippen LogP) is 0.585. The molecule has 0 unspecified atom stereocenters. The molecule has 0 aliphatic heterocycles. The molecule has 4 N–H and O–H groups in total. The Bertz CT molecular complexity index is 489. The molecule has 0 aliphatic carbocycles. The number of nitrogen functional groups attached to an aromatic ring is 1. The third kappa shape index (κ3) is 1.09. The summed E-state index contributed by atoms with van der Waals surface area (Å²) in [5.74, 6) is 1.14. The summed E-state index contributed by atoms with van der Waals surface area (Å²) in [5.41, 5.74) is 9.25. The van der Waals surface area contributed by atoms with E-state index in [0.717, 1.165) is 22.4 Å². The maximum atomic E-state index is 5.76. The number of fused-ring (bicyclic) bond motifs is 1. The zero-order valence-corrected chi connectivity index (χ0v) is 8.43. The number of nitrogens with one attached hydrogen (secondary N) is 2. The molecule has 0 spiro atoms. The first-order valence-corrected chi connectivity index (χ1v) is 4.35. The summed E-state index contributed by atoms with van der Waals surface area (Å²) in [7, 11) is 1.58. The summed E-state index contributed by atoms with van der Waals surface area (Å²) in [6.45, 7) is 3.90. The summed E-state index contributed by atoms with van der Waals surface area (Å²) < 4.78 is 5.13. The van der Waals surface area contributed by atoms with Crippen LogP contribution in [-0.4, -0.2) is 17.1 Å².